The SMILES string of the molecule is CC(C)CCC[C@@H](C)[C@H]1CCC2C3C(=O)C=C4CC(O[C@@H]5O[C@H](CO)[C@@H](O)[C@H](O)[C@H]5O)CC[C@]4(C)C3CC[C@@]21C. The van der Waals surface area contributed by atoms with Crippen molar-refractivity contribution < 1.29 is 34.7 Å². The summed E-state index contributed by atoms with van der Waals surface area (Å²) in [7, 11) is 0. The van der Waals surface area contributed by atoms with Crippen LogP contribution < -0.4 is 0 Å². The molecule has 1 aliphatic heterocycles. The van der Waals surface area contributed by atoms with Gasteiger partial charge in [-0.3, -0.25) is 4.79 Å². The van der Waals surface area contributed by atoms with E-state index in [1.54, 1.807) is 0 Å². The van der Waals surface area contributed by atoms with Crippen LogP contribution in [0.2, 0.25) is 0 Å². The van der Waals surface area contributed by atoms with E-state index in [4.69, 9.17) is 9.47 Å². The van der Waals surface area contributed by atoms with Crippen LogP contribution >= 0.6 is 0 Å². The Morgan fingerprint density at radius 1 is 0.975 bits per heavy atom. The number of aliphatic hydroxyl groups is 4. The lowest BCUT2D eigenvalue weighted by atomic mass is 9.46. The molecule has 0 bridgehead atoms. The Kier molecular flexibility index (Phi) is 8.95. The number of aliphatic hydroxyl groups excluding tert-OH is 4. The molecule has 1 heterocycles. The van der Waals surface area contributed by atoms with Gasteiger partial charge in [0.1, 0.15) is 24.4 Å². The molecule has 228 valence electrons. The van der Waals surface area contributed by atoms with Gasteiger partial charge >= 0.3 is 0 Å². The van der Waals surface area contributed by atoms with Crippen molar-refractivity contribution >= 4 is 5.78 Å². The summed E-state index contributed by atoms with van der Waals surface area (Å²) in [6.45, 7) is 11.5. The normalized spacial score (nSPS) is 47.9. The van der Waals surface area contributed by atoms with Crippen molar-refractivity contribution in [3.63, 3.8) is 0 Å². The van der Waals surface area contributed by atoms with Gasteiger partial charge in [-0.1, -0.05) is 59.5 Å². The molecule has 5 aliphatic rings. The zero-order valence-corrected chi connectivity index (χ0v) is 25.3. The third kappa shape index (κ3) is 5.26. The number of rotatable bonds is 8. The standard InChI is InChI=1S/C33H54O7/c1-18(2)7-6-8-19(3)22-9-10-23-27-24(12-14-33(22,23)5)32(4)13-11-21(15-20(32)16-25(27)35)39-31-30(38)29(37)28(36)26(17-34)40-31/h16,18-19,21-24,26-31,34,36-38H,6-15,17H2,1-5H3/t19-,21?,22-,23?,24?,26-,27?,28-,29+,30-,31-,32+,33-/m1/s1. The molecule has 4 N–H and O–H groups in total. The molecule has 0 spiro atoms. The van der Waals surface area contributed by atoms with Crippen molar-refractivity contribution in [3.05, 3.63) is 11.6 Å². The van der Waals surface area contributed by atoms with E-state index >= 15 is 0 Å². The molecule has 4 unspecified atom stereocenters. The Bertz CT molecular complexity index is 947. The van der Waals surface area contributed by atoms with Crippen LogP contribution in [0.25, 0.3) is 0 Å². The van der Waals surface area contributed by atoms with E-state index in [0.717, 1.165) is 30.8 Å². The van der Waals surface area contributed by atoms with E-state index in [1.807, 2.05) is 6.08 Å². The fourth-order valence-corrected chi connectivity index (χ4v) is 9.88. The third-order valence-electron chi connectivity index (χ3n) is 12.3. The lowest BCUT2D eigenvalue weighted by molar-refractivity contribution is -0.313. The van der Waals surface area contributed by atoms with Crippen LogP contribution in [0.3, 0.4) is 0 Å². The molecule has 0 aromatic heterocycles. The smallest absolute Gasteiger partial charge is 0.186 e. The van der Waals surface area contributed by atoms with E-state index in [-0.39, 0.29) is 22.9 Å². The van der Waals surface area contributed by atoms with E-state index in [1.165, 1.54) is 38.5 Å². The Hall–Kier alpha value is -0.830. The van der Waals surface area contributed by atoms with Gasteiger partial charge in [-0.05, 0) is 91.4 Å². The maximum Gasteiger partial charge on any atom is 0.186 e. The lowest BCUT2D eigenvalue weighted by Gasteiger charge is -2.58. The van der Waals surface area contributed by atoms with Crippen molar-refractivity contribution in [1.82, 2.24) is 0 Å². The number of carbonyl (C=O) groups excluding carboxylic acids is 1. The average Bonchev–Trinajstić information content (AvgIpc) is 3.26. The number of hydrogen-bond donors (Lipinski definition) is 4. The summed E-state index contributed by atoms with van der Waals surface area (Å²) in [6.07, 6.45) is 6.21. The first-order chi connectivity index (χ1) is 18.9. The minimum absolute atomic E-state index is 0.0316. The highest BCUT2D eigenvalue weighted by Gasteiger charge is 2.61. The van der Waals surface area contributed by atoms with Gasteiger partial charge in [0.2, 0.25) is 0 Å². The van der Waals surface area contributed by atoms with Crippen LogP contribution in [0.15, 0.2) is 11.6 Å². The number of ketones is 1. The summed E-state index contributed by atoms with van der Waals surface area (Å²) in [6, 6.07) is 0. The van der Waals surface area contributed by atoms with E-state index < -0.39 is 37.3 Å². The molecule has 0 aromatic carbocycles. The number of hydrogen-bond acceptors (Lipinski definition) is 7. The van der Waals surface area contributed by atoms with Crippen LogP contribution in [0.5, 0.6) is 0 Å². The van der Waals surface area contributed by atoms with Crippen molar-refractivity contribution in [2.24, 2.45) is 46.3 Å². The maximum absolute atomic E-state index is 13.9. The van der Waals surface area contributed by atoms with Crippen LogP contribution in [-0.2, 0) is 14.3 Å². The van der Waals surface area contributed by atoms with Crippen molar-refractivity contribution in [2.75, 3.05) is 6.61 Å². The summed E-state index contributed by atoms with van der Waals surface area (Å²) < 4.78 is 11.7. The molecule has 0 amide bonds. The first-order valence-electron chi connectivity index (χ1n) is 16.1. The van der Waals surface area contributed by atoms with Crippen LogP contribution in [-0.4, -0.2) is 69.6 Å². The molecular weight excluding hydrogens is 508 g/mol. The summed E-state index contributed by atoms with van der Waals surface area (Å²) in [5.41, 5.74) is 1.37. The highest BCUT2D eigenvalue weighted by molar-refractivity contribution is 5.94. The monoisotopic (exact) mass is 562 g/mol. The number of allylic oxidation sites excluding steroid dienone is 1. The molecule has 0 radical (unpaired) electrons. The molecule has 13 atom stereocenters. The largest absolute Gasteiger partial charge is 0.394 e. The molecule has 4 aliphatic carbocycles. The Balaban J connectivity index is 1.28. The average molecular weight is 563 g/mol. The molecule has 1 saturated heterocycles. The van der Waals surface area contributed by atoms with Gasteiger partial charge in [0.15, 0.2) is 12.1 Å². The molecule has 5 rings (SSSR count). The lowest BCUT2D eigenvalue weighted by Crippen LogP contribution is -2.60. The van der Waals surface area contributed by atoms with Gasteiger partial charge in [-0.25, -0.2) is 0 Å². The van der Waals surface area contributed by atoms with E-state index in [0.29, 0.717) is 35.9 Å². The van der Waals surface area contributed by atoms with Crippen LogP contribution in [0.1, 0.15) is 98.8 Å². The Morgan fingerprint density at radius 3 is 2.42 bits per heavy atom. The zero-order valence-electron chi connectivity index (χ0n) is 25.3. The zero-order chi connectivity index (χ0) is 29.0. The second kappa shape index (κ2) is 11.7. The molecule has 7 heteroatoms. The first-order valence-corrected chi connectivity index (χ1v) is 16.1. The molecule has 0 aromatic rings. The van der Waals surface area contributed by atoms with Gasteiger partial charge in [0.25, 0.3) is 0 Å². The maximum atomic E-state index is 13.9. The van der Waals surface area contributed by atoms with E-state index in [2.05, 4.69) is 34.6 Å². The Labute approximate surface area is 240 Å². The molecular formula is C33H54O7. The first kappa shape index (κ1) is 30.6. The van der Waals surface area contributed by atoms with Crippen LogP contribution in [0, 0.1) is 46.3 Å². The van der Waals surface area contributed by atoms with Gasteiger partial charge < -0.3 is 29.9 Å². The summed E-state index contributed by atoms with van der Waals surface area (Å²) >= 11 is 0. The van der Waals surface area contributed by atoms with Crippen molar-refractivity contribution in [3.8, 4) is 0 Å². The van der Waals surface area contributed by atoms with Gasteiger partial charge in [0.05, 0.1) is 12.7 Å². The van der Waals surface area contributed by atoms with Crippen molar-refractivity contribution in [1.29, 1.82) is 0 Å². The number of carbonyl (C=O) groups is 1. The summed E-state index contributed by atoms with van der Waals surface area (Å²) in [4.78, 5) is 13.9. The predicted molar refractivity (Wildman–Crippen MR) is 152 cm³/mol. The third-order valence-corrected chi connectivity index (χ3v) is 12.3. The fraction of sp³-hybridized carbons (Fsp3) is 0.909. The minimum Gasteiger partial charge on any atom is -0.394 e. The molecule has 40 heavy (non-hydrogen) atoms. The molecule has 4 fully saturated rings. The van der Waals surface area contributed by atoms with Crippen LogP contribution in [0.4, 0.5) is 0 Å². The van der Waals surface area contributed by atoms with Gasteiger partial charge in [-0.2, -0.15) is 0 Å². The number of fused-ring (bicyclic) bond motifs is 5. The molecule has 7 nitrogen and oxygen atoms in total. The summed E-state index contributed by atoms with van der Waals surface area (Å²) in [5.74, 6) is 3.42. The topological polar surface area (TPSA) is 116 Å². The fourth-order valence-electron chi connectivity index (χ4n) is 9.88. The predicted octanol–water partition coefficient (Wildman–Crippen LogP) is 4.39. The highest BCUT2D eigenvalue weighted by atomic mass is 16.7. The second-order valence-electron chi connectivity index (χ2n) is 15.0. The van der Waals surface area contributed by atoms with Gasteiger partial charge in [-0.15, -0.1) is 0 Å². The summed E-state index contributed by atoms with van der Waals surface area (Å²) in [5, 5.41) is 40.3. The highest BCUT2D eigenvalue weighted by Crippen LogP contribution is 2.66. The Morgan fingerprint density at radius 2 is 1.73 bits per heavy atom. The second-order valence-corrected chi connectivity index (χ2v) is 15.0. The molecule has 3 saturated carbocycles. The quantitative estimate of drug-likeness (QED) is 0.347. The minimum atomic E-state index is -1.45. The van der Waals surface area contributed by atoms with E-state index in [9.17, 15) is 25.2 Å². The number of ether oxygens (including phenoxy) is 2. The van der Waals surface area contributed by atoms with Gasteiger partial charge in [0, 0.05) is 5.92 Å². The van der Waals surface area contributed by atoms with Crippen molar-refractivity contribution in [2.45, 2.75) is 136 Å².